The number of nitrogens with zero attached hydrogens (tertiary/aromatic N) is 1. The smallest absolute Gasteiger partial charge is 0.460 e. The molecule has 0 unspecified atom stereocenters. The molecule has 0 aromatic heterocycles. The lowest BCUT2D eigenvalue weighted by Crippen LogP contribution is -2.50. The Hall–Kier alpha value is -3.34. The second-order valence-electron chi connectivity index (χ2n) is 9.27. The van der Waals surface area contributed by atoms with Crippen LogP contribution in [0.4, 0.5) is 62.8 Å². The summed E-state index contributed by atoms with van der Waals surface area (Å²) in [4.78, 5) is 0.658. The summed E-state index contributed by atoms with van der Waals surface area (Å²) in [7, 11) is 0. The summed E-state index contributed by atoms with van der Waals surface area (Å²) in [6.07, 6.45) is -14.8. The molecule has 3 aromatic rings. The molecule has 0 heterocycles. The molecule has 3 rings (SSSR count). The summed E-state index contributed by atoms with van der Waals surface area (Å²) < 4.78 is 177. The average Bonchev–Trinajstić information content (AvgIpc) is 2.90. The van der Waals surface area contributed by atoms with Crippen molar-refractivity contribution in [3.63, 3.8) is 0 Å². The van der Waals surface area contributed by atoms with Gasteiger partial charge in [-0.25, -0.2) is 0 Å². The zero-order valence-corrected chi connectivity index (χ0v) is 22.6. The molecular weight excluding hydrogens is 649 g/mol. The van der Waals surface area contributed by atoms with Gasteiger partial charge >= 0.3 is 29.7 Å². The van der Waals surface area contributed by atoms with Gasteiger partial charge in [0.2, 0.25) is 0 Å². The van der Waals surface area contributed by atoms with Gasteiger partial charge in [-0.1, -0.05) is 36.4 Å². The van der Waals surface area contributed by atoms with Gasteiger partial charge in [0.05, 0.1) is 6.54 Å². The second-order valence-corrected chi connectivity index (χ2v) is 10.4. The lowest BCUT2D eigenvalue weighted by atomic mass is 9.99. The fourth-order valence-corrected chi connectivity index (χ4v) is 4.41. The van der Waals surface area contributed by atoms with Gasteiger partial charge in [-0.3, -0.25) is 0 Å². The highest BCUT2D eigenvalue weighted by Crippen LogP contribution is 2.51. The van der Waals surface area contributed by atoms with Crippen molar-refractivity contribution < 1.29 is 66.9 Å². The molecule has 0 spiro atoms. The number of ether oxygens (including phenoxy) is 1. The van der Waals surface area contributed by atoms with Gasteiger partial charge in [0, 0.05) is 28.8 Å². The molecule has 0 bridgehead atoms. The van der Waals surface area contributed by atoms with Gasteiger partial charge in [-0.15, -0.1) is 0 Å². The summed E-state index contributed by atoms with van der Waals surface area (Å²) in [5.41, 5.74) is -6.53. The van der Waals surface area contributed by atoms with Crippen LogP contribution in [0.5, 0.6) is 5.75 Å². The molecule has 0 radical (unpaired) electrons. The van der Waals surface area contributed by atoms with Gasteiger partial charge in [-0.05, 0) is 53.2 Å². The molecule has 0 aliphatic heterocycles. The first-order valence-corrected chi connectivity index (χ1v) is 12.9. The highest BCUT2D eigenvalue weighted by molar-refractivity contribution is 8.00. The molecular formula is C27H20F13NO2S. The number of hydrogen-bond acceptors (Lipinski definition) is 4. The summed E-state index contributed by atoms with van der Waals surface area (Å²) in [5, 5.41) is 9.68. The molecule has 3 nitrogen and oxygen atoms in total. The van der Waals surface area contributed by atoms with E-state index in [4.69, 9.17) is 4.74 Å². The number of hydrogen-bond donors (Lipinski definition) is 1. The van der Waals surface area contributed by atoms with Crippen molar-refractivity contribution in [3.8, 4) is 5.75 Å². The van der Waals surface area contributed by atoms with Crippen LogP contribution < -0.4 is 9.64 Å². The van der Waals surface area contributed by atoms with E-state index in [0.29, 0.717) is 17.7 Å². The Morgan fingerprint density at radius 2 is 1.34 bits per heavy atom. The lowest BCUT2D eigenvalue weighted by Gasteiger charge is -2.30. The van der Waals surface area contributed by atoms with Crippen molar-refractivity contribution in [2.75, 3.05) is 11.4 Å². The highest BCUT2D eigenvalue weighted by Gasteiger charge is 2.73. The van der Waals surface area contributed by atoms with Crippen LogP contribution in [0.1, 0.15) is 16.7 Å². The average molecular weight is 670 g/mol. The quantitative estimate of drug-likeness (QED) is 0.163. The molecule has 0 aliphatic rings. The van der Waals surface area contributed by atoms with E-state index in [1.54, 1.807) is 0 Å². The van der Waals surface area contributed by atoms with E-state index in [0.717, 1.165) is 17.0 Å². The molecule has 1 atom stereocenters. The molecule has 242 valence electrons. The topological polar surface area (TPSA) is 32.7 Å². The molecule has 0 saturated heterocycles. The van der Waals surface area contributed by atoms with Crippen molar-refractivity contribution >= 4 is 17.4 Å². The lowest BCUT2D eigenvalue weighted by molar-refractivity contribution is -0.359. The Morgan fingerprint density at radius 1 is 0.727 bits per heavy atom. The van der Waals surface area contributed by atoms with Crippen molar-refractivity contribution in [1.29, 1.82) is 0 Å². The molecule has 1 N–H and O–H groups in total. The van der Waals surface area contributed by atoms with Crippen molar-refractivity contribution in [2.45, 2.75) is 53.9 Å². The first kappa shape index (κ1) is 35.1. The van der Waals surface area contributed by atoms with Gasteiger partial charge in [0.1, 0.15) is 12.4 Å². The first-order chi connectivity index (χ1) is 20.1. The number of halogens is 13. The van der Waals surface area contributed by atoms with Gasteiger partial charge in [0.15, 0.2) is 6.10 Å². The van der Waals surface area contributed by atoms with Gasteiger partial charge in [-0.2, -0.15) is 57.1 Å². The first-order valence-electron chi connectivity index (χ1n) is 12.1. The second kappa shape index (κ2) is 12.9. The minimum atomic E-state index is -6.62. The predicted molar refractivity (Wildman–Crippen MR) is 134 cm³/mol. The number of benzene rings is 3. The van der Waals surface area contributed by atoms with E-state index in [1.165, 1.54) is 42.5 Å². The van der Waals surface area contributed by atoms with E-state index >= 15 is 0 Å². The van der Waals surface area contributed by atoms with Crippen LogP contribution >= 0.6 is 11.8 Å². The summed E-state index contributed by atoms with van der Waals surface area (Å²) in [6, 6.07) is 12.4. The van der Waals surface area contributed by atoms with E-state index in [9.17, 15) is 62.2 Å². The SMILES string of the molecule is O[C@H](CN(Cc1cccc(C(F)(F)C(F)(F)C(F)(F)F)c1)c1cccc(OCc2cccc(SC(F)(F)F)c2)c1)C(F)(F)F. The molecule has 0 aliphatic carbocycles. The Kier molecular flexibility index (Phi) is 10.3. The number of rotatable bonds is 11. The maximum Gasteiger partial charge on any atom is 0.460 e. The number of aliphatic hydroxyl groups excluding tert-OH is 1. The van der Waals surface area contributed by atoms with Crippen LogP contribution in [0.15, 0.2) is 77.7 Å². The summed E-state index contributed by atoms with van der Waals surface area (Å²) >= 11 is -0.366. The zero-order chi connectivity index (χ0) is 33.1. The van der Waals surface area contributed by atoms with Gasteiger partial charge < -0.3 is 14.7 Å². The summed E-state index contributed by atoms with van der Waals surface area (Å²) in [6.45, 7) is -2.27. The molecule has 17 heteroatoms. The van der Waals surface area contributed by atoms with Crippen molar-refractivity contribution in [3.05, 3.63) is 89.5 Å². The van der Waals surface area contributed by atoms with Crippen LogP contribution in [0, 0.1) is 0 Å². The fourth-order valence-electron chi connectivity index (χ4n) is 3.79. The number of anilines is 1. The number of alkyl halides is 13. The largest absolute Gasteiger partial charge is 0.489 e. The van der Waals surface area contributed by atoms with Crippen LogP contribution in [-0.4, -0.2) is 41.5 Å². The monoisotopic (exact) mass is 669 g/mol. The maximum atomic E-state index is 14.3. The maximum absolute atomic E-state index is 14.3. The number of aliphatic hydroxyl groups is 1. The highest BCUT2D eigenvalue weighted by atomic mass is 32.2. The molecule has 44 heavy (non-hydrogen) atoms. The molecule has 3 aromatic carbocycles. The minimum Gasteiger partial charge on any atom is -0.489 e. The van der Waals surface area contributed by atoms with E-state index in [2.05, 4.69) is 0 Å². The third-order valence-corrected chi connectivity index (χ3v) is 6.63. The molecule has 0 saturated carbocycles. The van der Waals surface area contributed by atoms with Crippen molar-refractivity contribution in [1.82, 2.24) is 0 Å². The van der Waals surface area contributed by atoms with Gasteiger partial charge in [0.25, 0.3) is 0 Å². The van der Waals surface area contributed by atoms with Crippen molar-refractivity contribution in [2.24, 2.45) is 0 Å². The Bertz CT molecular complexity index is 1410. The van der Waals surface area contributed by atoms with E-state index < -0.39 is 60.0 Å². The number of thioether (sulfide) groups is 1. The molecule has 0 amide bonds. The van der Waals surface area contributed by atoms with E-state index in [1.807, 2.05) is 0 Å². The normalized spacial score (nSPS) is 14.0. The van der Waals surface area contributed by atoms with E-state index in [-0.39, 0.29) is 40.8 Å². The minimum absolute atomic E-state index is 0.0204. The Morgan fingerprint density at radius 3 is 1.95 bits per heavy atom. The summed E-state index contributed by atoms with van der Waals surface area (Å²) in [5.74, 6) is -12.2. The third-order valence-electron chi connectivity index (χ3n) is 5.90. The predicted octanol–water partition coefficient (Wildman–Crippen LogP) is 9.10. The Balaban J connectivity index is 1.89. The fraction of sp³-hybridized carbons (Fsp3) is 0.333. The molecule has 0 fully saturated rings. The van der Waals surface area contributed by atoms with Crippen LogP contribution in [-0.2, 0) is 19.1 Å². The Labute approximate surface area is 245 Å². The zero-order valence-electron chi connectivity index (χ0n) is 21.8. The van der Waals surface area contributed by atoms with Crippen LogP contribution in [0.3, 0.4) is 0 Å². The van der Waals surface area contributed by atoms with Crippen LogP contribution in [0.2, 0.25) is 0 Å². The third kappa shape index (κ3) is 8.86. The van der Waals surface area contributed by atoms with Crippen LogP contribution in [0.25, 0.3) is 0 Å². The standard InChI is InChI=1S/C27H20F13NO2S/c28-23(29,25(33,34)26(35,36)37)18-6-1-4-16(10-18)13-41(14-22(42)24(30,31)32)19-7-3-8-20(12-19)43-15-17-5-2-9-21(11-17)44-27(38,39)40/h1-12,22,42H,13-15H2/t22-/m1/s1.